The van der Waals surface area contributed by atoms with E-state index in [1.807, 2.05) is 6.26 Å². The summed E-state index contributed by atoms with van der Waals surface area (Å²) in [6, 6.07) is 5.33. The van der Waals surface area contributed by atoms with Crippen LogP contribution in [0.15, 0.2) is 24.3 Å². The predicted molar refractivity (Wildman–Crippen MR) is 85.4 cm³/mol. The first kappa shape index (κ1) is 16.2. The quantitative estimate of drug-likeness (QED) is 0.760. The summed E-state index contributed by atoms with van der Waals surface area (Å²) in [5.74, 6) is -0.782. The van der Waals surface area contributed by atoms with Gasteiger partial charge in [-0.1, -0.05) is 12.1 Å². The van der Waals surface area contributed by atoms with Crippen molar-refractivity contribution in [2.24, 2.45) is 0 Å². The molecular formula is C14H17N3O4S. The Morgan fingerprint density at radius 2 is 2.18 bits per heavy atom. The van der Waals surface area contributed by atoms with Crippen LogP contribution in [-0.2, 0) is 9.59 Å². The summed E-state index contributed by atoms with van der Waals surface area (Å²) in [7, 11) is 0. The summed E-state index contributed by atoms with van der Waals surface area (Å²) < 4.78 is 0. The maximum absolute atomic E-state index is 12.3. The van der Waals surface area contributed by atoms with Crippen molar-refractivity contribution in [2.75, 3.05) is 28.8 Å². The van der Waals surface area contributed by atoms with Crippen LogP contribution in [0.25, 0.3) is 0 Å². The summed E-state index contributed by atoms with van der Waals surface area (Å²) in [6.45, 7) is -0.141. The molecule has 0 saturated heterocycles. The fraction of sp³-hybridized carbons (Fsp3) is 0.357. The lowest BCUT2D eigenvalue weighted by Crippen LogP contribution is -2.52. The van der Waals surface area contributed by atoms with Crippen LogP contribution in [0.5, 0.6) is 0 Å². The summed E-state index contributed by atoms with van der Waals surface area (Å²) in [6.07, 6.45) is 2.19. The lowest BCUT2D eigenvalue weighted by atomic mass is 10.2. The first-order valence-electron chi connectivity index (χ1n) is 6.71. The number of carbonyl (C=O) groups is 3. The Kier molecular flexibility index (Phi) is 5.26. The van der Waals surface area contributed by atoms with Gasteiger partial charge in [-0.25, -0.2) is 9.59 Å². The normalized spacial score (nSPS) is 14.8. The van der Waals surface area contributed by atoms with E-state index in [4.69, 9.17) is 0 Å². The SMILES string of the molecule is CSCCC(NC(=O)N1CC(=O)Nc2ccccc21)C(=O)O. The largest absolute Gasteiger partial charge is 0.480 e. The number of thioether (sulfide) groups is 1. The number of benzene rings is 1. The first-order valence-corrected chi connectivity index (χ1v) is 8.11. The number of carboxylic acid groups (broad SMARTS) is 1. The molecule has 0 aromatic heterocycles. The minimum atomic E-state index is -1.09. The van der Waals surface area contributed by atoms with Gasteiger partial charge in [0.15, 0.2) is 0 Å². The number of amides is 3. The number of nitrogens with one attached hydrogen (secondary N) is 2. The van der Waals surface area contributed by atoms with Gasteiger partial charge in [0.05, 0.1) is 11.4 Å². The molecule has 1 unspecified atom stereocenters. The maximum atomic E-state index is 12.3. The third-order valence-corrected chi connectivity index (χ3v) is 3.87. The van der Waals surface area contributed by atoms with E-state index in [9.17, 15) is 19.5 Å². The number of aliphatic carboxylic acids is 1. The van der Waals surface area contributed by atoms with Crippen LogP contribution < -0.4 is 15.5 Å². The monoisotopic (exact) mass is 323 g/mol. The van der Waals surface area contributed by atoms with E-state index in [2.05, 4.69) is 10.6 Å². The molecule has 1 aromatic carbocycles. The Hall–Kier alpha value is -2.22. The topological polar surface area (TPSA) is 98.7 Å². The molecule has 0 bridgehead atoms. The number of anilines is 2. The molecule has 0 fully saturated rings. The number of nitrogens with zero attached hydrogens (tertiary/aromatic N) is 1. The molecule has 1 atom stereocenters. The van der Waals surface area contributed by atoms with E-state index in [-0.39, 0.29) is 12.5 Å². The van der Waals surface area contributed by atoms with Crippen molar-refractivity contribution in [3.8, 4) is 0 Å². The Labute approximate surface area is 132 Å². The van der Waals surface area contributed by atoms with Crippen molar-refractivity contribution in [1.82, 2.24) is 5.32 Å². The molecule has 3 N–H and O–H groups in total. The molecule has 1 aliphatic rings. The van der Waals surface area contributed by atoms with Crippen molar-refractivity contribution in [3.63, 3.8) is 0 Å². The zero-order chi connectivity index (χ0) is 16.1. The number of fused-ring (bicyclic) bond motifs is 1. The molecule has 0 aliphatic carbocycles. The summed E-state index contributed by atoms with van der Waals surface area (Å²) in [5.41, 5.74) is 1.08. The molecule has 7 nitrogen and oxygen atoms in total. The van der Waals surface area contributed by atoms with Gasteiger partial charge in [0.1, 0.15) is 12.6 Å². The second-order valence-electron chi connectivity index (χ2n) is 4.77. The number of carboxylic acids is 1. The van der Waals surface area contributed by atoms with E-state index < -0.39 is 18.0 Å². The maximum Gasteiger partial charge on any atom is 0.326 e. The molecule has 2 rings (SSSR count). The van der Waals surface area contributed by atoms with E-state index in [0.717, 1.165) is 0 Å². The molecule has 118 valence electrons. The third-order valence-electron chi connectivity index (χ3n) is 3.22. The zero-order valence-corrected chi connectivity index (χ0v) is 12.9. The van der Waals surface area contributed by atoms with Crippen molar-refractivity contribution in [2.45, 2.75) is 12.5 Å². The van der Waals surface area contributed by atoms with Crippen LogP contribution in [0.2, 0.25) is 0 Å². The number of hydrogen-bond donors (Lipinski definition) is 3. The van der Waals surface area contributed by atoms with Gasteiger partial charge in [-0.2, -0.15) is 11.8 Å². The molecule has 1 heterocycles. The van der Waals surface area contributed by atoms with Crippen molar-refractivity contribution in [1.29, 1.82) is 0 Å². The highest BCUT2D eigenvalue weighted by Gasteiger charge is 2.29. The minimum absolute atomic E-state index is 0.141. The van der Waals surface area contributed by atoms with Gasteiger partial charge in [0.2, 0.25) is 5.91 Å². The van der Waals surface area contributed by atoms with Crippen LogP contribution in [0.4, 0.5) is 16.2 Å². The fourth-order valence-corrected chi connectivity index (χ4v) is 2.61. The van der Waals surface area contributed by atoms with E-state index in [1.54, 1.807) is 24.3 Å². The van der Waals surface area contributed by atoms with Crippen molar-refractivity contribution in [3.05, 3.63) is 24.3 Å². The highest BCUT2D eigenvalue weighted by atomic mass is 32.2. The Morgan fingerprint density at radius 1 is 1.45 bits per heavy atom. The number of rotatable bonds is 5. The Morgan fingerprint density at radius 3 is 2.86 bits per heavy atom. The smallest absolute Gasteiger partial charge is 0.326 e. The average Bonchev–Trinajstić information content (AvgIpc) is 2.49. The van der Waals surface area contributed by atoms with Crippen molar-refractivity contribution < 1.29 is 19.5 Å². The van der Waals surface area contributed by atoms with Gasteiger partial charge in [-0.05, 0) is 30.6 Å². The molecule has 8 heteroatoms. The van der Waals surface area contributed by atoms with Crippen LogP contribution in [0.3, 0.4) is 0 Å². The van der Waals surface area contributed by atoms with Gasteiger partial charge in [0, 0.05) is 0 Å². The standard InChI is InChI=1S/C14H17N3O4S/c1-22-7-6-10(13(19)20)16-14(21)17-8-12(18)15-9-4-2-3-5-11(9)17/h2-5,10H,6-8H2,1H3,(H,15,18)(H,16,21)(H,19,20). The number of carbonyl (C=O) groups excluding carboxylic acids is 2. The summed E-state index contributed by atoms with van der Waals surface area (Å²) in [5, 5.41) is 14.3. The summed E-state index contributed by atoms with van der Waals surface area (Å²) in [4.78, 5) is 36.5. The third kappa shape index (κ3) is 3.70. The molecule has 0 spiro atoms. The predicted octanol–water partition coefficient (Wildman–Crippen LogP) is 1.36. The molecule has 3 amide bonds. The molecule has 0 saturated carbocycles. The number of hydrogen-bond acceptors (Lipinski definition) is 4. The lowest BCUT2D eigenvalue weighted by molar-refractivity contribution is -0.139. The zero-order valence-electron chi connectivity index (χ0n) is 12.0. The second kappa shape index (κ2) is 7.17. The molecule has 22 heavy (non-hydrogen) atoms. The van der Waals surface area contributed by atoms with Gasteiger partial charge >= 0.3 is 12.0 Å². The second-order valence-corrected chi connectivity index (χ2v) is 5.76. The fourth-order valence-electron chi connectivity index (χ4n) is 2.13. The lowest BCUT2D eigenvalue weighted by Gasteiger charge is -2.30. The first-order chi connectivity index (χ1) is 10.5. The van der Waals surface area contributed by atoms with Crippen LogP contribution in [-0.4, -0.2) is 47.6 Å². The average molecular weight is 323 g/mol. The van der Waals surface area contributed by atoms with E-state index in [0.29, 0.717) is 23.5 Å². The van der Waals surface area contributed by atoms with Gasteiger partial charge in [-0.3, -0.25) is 9.69 Å². The summed E-state index contributed by atoms with van der Waals surface area (Å²) >= 11 is 1.51. The molecule has 0 radical (unpaired) electrons. The Bertz CT molecular complexity index is 593. The minimum Gasteiger partial charge on any atom is -0.480 e. The van der Waals surface area contributed by atoms with E-state index in [1.165, 1.54) is 16.7 Å². The molecular weight excluding hydrogens is 306 g/mol. The Balaban J connectivity index is 2.15. The van der Waals surface area contributed by atoms with Crippen molar-refractivity contribution >= 4 is 41.0 Å². The highest BCUT2D eigenvalue weighted by Crippen LogP contribution is 2.28. The number of urea groups is 1. The van der Waals surface area contributed by atoms with E-state index >= 15 is 0 Å². The van der Waals surface area contributed by atoms with Crippen LogP contribution >= 0.6 is 11.8 Å². The molecule has 1 aliphatic heterocycles. The van der Waals surface area contributed by atoms with Gasteiger partial charge < -0.3 is 15.7 Å². The van der Waals surface area contributed by atoms with Crippen LogP contribution in [0, 0.1) is 0 Å². The highest BCUT2D eigenvalue weighted by molar-refractivity contribution is 7.98. The van der Waals surface area contributed by atoms with Gasteiger partial charge in [-0.15, -0.1) is 0 Å². The number of para-hydroxylation sites is 2. The van der Waals surface area contributed by atoms with Crippen LogP contribution in [0.1, 0.15) is 6.42 Å². The van der Waals surface area contributed by atoms with Gasteiger partial charge in [0.25, 0.3) is 0 Å². The molecule has 1 aromatic rings.